The van der Waals surface area contributed by atoms with Gasteiger partial charge < -0.3 is 4.74 Å². The van der Waals surface area contributed by atoms with Gasteiger partial charge in [-0.3, -0.25) is 0 Å². The van der Waals surface area contributed by atoms with Gasteiger partial charge in [-0.2, -0.15) is 9.57 Å². The fourth-order valence-corrected chi connectivity index (χ4v) is 6.40. The van der Waals surface area contributed by atoms with E-state index in [0.717, 1.165) is 18.4 Å². The first-order valence-electron chi connectivity index (χ1n) is 10.4. The summed E-state index contributed by atoms with van der Waals surface area (Å²) >= 11 is 0. The number of ether oxygens (including phenoxy) is 1. The molecule has 0 amide bonds. The standard InChI is InChI=1S/C23H27N3O3S/c1-23(2,3)17-5-9-21(10-6-17)30(27,28)26-18-7-8-19(26)13-20(12-18)29-22-11-4-16(14-24)15-25-22/h4-6,9-11,15,18-20H,7-8,12-13H2,1-3H3. The van der Waals surface area contributed by atoms with Crippen molar-refractivity contribution < 1.29 is 13.2 Å². The van der Waals surface area contributed by atoms with Crippen LogP contribution in [0.5, 0.6) is 5.88 Å². The maximum atomic E-state index is 13.4. The van der Waals surface area contributed by atoms with Gasteiger partial charge in [0.15, 0.2) is 0 Å². The topological polar surface area (TPSA) is 83.3 Å². The minimum atomic E-state index is -3.54. The van der Waals surface area contributed by atoms with E-state index in [1.807, 2.05) is 18.2 Å². The van der Waals surface area contributed by atoms with Crippen molar-refractivity contribution in [3.05, 3.63) is 53.7 Å². The fraction of sp³-hybridized carbons (Fsp3) is 0.478. The molecule has 2 bridgehead atoms. The van der Waals surface area contributed by atoms with E-state index in [2.05, 4.69) is 25.8 Å². The van der Waals surface area contributed by atoms with Crippen LogP contribution in [-0.4, -0.2) is 35.9 Å². The quantitative estimate of drug-likeness (QED) is 0.739. The molecule has 1 aromatic heterocycles. The fourth-order valence-electron chi connectivity index (χ4n) is 4.51. The average molecular weight is 426 g/mol. The predicted octanol–water partition coefficient (Wildman–Crippen LogP) is 4.01. The molecule has 2 atom stereocenters. The third-order valence-electron chi connectivity index (χ3n) is 6.07. The molecular formula is C23H27N3O3S. The van der Waals surface area contributed by atoms with Gasteiger partial charge >= 0.3 is 0 Å². The number of piperidine rings is 1. The predicted molar refractivity (Wildman–Crippen MR) is 114 cm³/mol. The summed E-state index contributed by atoms with van der Waals surface area (Å²) in [4.78, 5) is 4.54. The molecule has 0 N–H and O–H groups in total. The first-order valence-corrected chi connectivity index (χ1v) is 11.8. The summed E-state index contributed by atoms with van der Waals surface area (Å²) in [6.07, 6.45) is 4.42. The zero-order valence-electron chi connectivity index (χ0n) is 17.6. The van der Waals surface area contributed by atoms with E-state index in [1.165, 1.54) is 6.20 Å². The smallest absolute Gasteiger partial charge is 0.243 e. The summed E-state index contributed by atoms with van der Waals surface area (Å²) in [6.45, 7) is 6.35. The van der Waals surface area contributed by atoms with Crippen molar-refractivity contribution >= 4 is 10.0 Å². The SMILES string of the molecule is CC(C)(C)c1ccc(S(=O)(=O)N2C3CCC2CC(Oc2ccc(C#N)cn2)C3)cc1. The van der Waals surface area contributed by atoms with Gasteiger partial charge in [0.1, 0.15) is 12.2 Å². The number of pyridine rings is 1. The van der Waals surface area contributed by atoms with Crippen molar-refractivity contribution in [2.45, 2.75) is 75.0 Å². The number of rotatable bonds is 4. The number of fused-ring (bicyclic) bond motifs is 2. The van der Waals surface area contributed by atoms with Gasteiger partial charge in [0.25, 0.3) is 0 Å². The lowest BCUT2D eigenvalue weighted by Gasteiger charge is -2.37. The Bertz CT molecular complexity index is 1040. The molecule has 2 saturated heterocycles. The highest BCUT2D eigenvalue weighted by Crippen LogP contribution is 2.41. The lowest BCUT2D eigenvalue weighted by atomic mass is 9.87. The van der Waals surface area contributed by atoms with Crippen LogP contribution < -0.4 is 4.74 Å². The van der Waals surface area contributed by atoms with Gasteiger partial charge in [-0.05, 0) is 42.0 Å². The second-order valence-corrected chi connectivity index (χ2v) is 11.0. The molecule has 1 aromatic carbocycles. The monoisotopic (exact) mass is 425 g/mol. The Morgan fingerprint density at radius 3 is 2.20 bits per heavy atom. The molecule has 0 radical (unpaired) electrons. The molecule has 0 aliphatic carbocycles. The van der Waals surface area contributed by atoms with Gasteiger partial charge in [-0.25, -0.2) is 13.4 Å². The molecule has 6 nitrogen and oxygen atoms in total. The van der Waals surface area contributed by atoms with Crippen molar-refractivity contribution in [3.63, 3.8) is 0 Å². The summed E-state index contributed by atoms with van der Waals surface area (Å²) < 4.78 is 34.5. The Balaban J connectivity index is 1.49. The number of hydrogen-bond acceptors (Lipinski definition) is 5. The lowest BCUT2D eigenvalue weighted by Crippen LogP contribution is -2.49. The Morgan fingerprint density at radius 2 is 1.70 bits per heavy atom. The first kappa shape index (κ1) is 20.8. The Kier molecular flexibility index (Phi) is 5.33. The normalized spacial score (nSPS) is 24.4. The highest BCUT2D eigenvalue weighted by Gasteiger charge is 2.48. The molecule has 2 fully saturated rings. The van der Waals surface area contributed by atoms with E-state index >= 15 is 0 Å². The molecule has 2 unspecified atom stereocenters. The van der Waals surface area contributed by atoms with E-state index in [4.69, 9.17) is 10.00 Å². The van der Waals surface area contributed by atoms with Gasteiger partial charge in [0.05, 0.1) is 10.5 Å². The number of aromatic nitrogens is 1. The van der Waals surface area contributed by atoms with Crippen LogP contribution >= 0.6 is 0 Å². The molecule has 0 saturated carbocycles. The zero-order valence-corrected chi connectivity index (χ0v) is 18.4. The van der Waals surface area contributed by atoms with Crippen LogP contribution in [0.3, 0.4) is 0 Å². The van der Waals surface area contributed by atoms with Crippen LogP contribution in [0.1, 0.15) is 57.6 Å². The van der Waals surface area contributed by atoms with E-state index < -0.39 is 10.0 Å². The van der Waals surface area contributed by atoms with Gasteiger partial charge in [0, 0.05) is 37.2 Å². The maximum Gasteiger partial charge on any atom is 0.243 e. The molecule has 158 valence electrons. The number of sulfonamides is 1. The van der Waals surface area contributed by atoms with Crippen LogP contribution in [-0.2, 0) is 15.4 Å². The molecule has 30 heavy (non-hydrogen) atoms. The van der Waals surface area contributed by atoms with Crippen LogP contribution in [0.25, 0.3) is 0 Å². The van der Waals surface area contributed by atoms with Gasteiger partial charge in [0.2, 0.25) is 15.9 Å². The molecule has 4 rings (SSSR count). The van der Waals surface area contributed by atoms with Crippen molar-refractivity contribution in [2.75, 3.05) is 0 Å². The van der Waals surface area contributed by atoms with Crippen LogP contribution in [0.15, 0.2) is 47.5 Å². The number of benzene rings is 1. The number of nitriles is 1. The highest BCUT2D eigenvalue weighted by molar-refractivity contribution is 7.89. The molecule has 7 heteroatoms. The molecule has 0 spiro atoms. The zero-order chi connectivity index (χ0) is 21.5. The maximum absolute atomic E-state index is 13.4. The third-order valence-corrected chi connectivity index (χ3v) is 8.09. The highest BCUT2D eigenvalue weighted by atomic mass is 32.2. The van der Waals surface area contributed by atoms with Crippen molar-refractivity contribution in [3.8, 4) is 11.9 Å². The van der Waals surface area contributed by atoms with Crippen LogP contribution in [0.2, 0.25) is 0 Å². The van der Waals surface area contributed by atoms with E-state index in [1.54, 1.807) is 28.6 Å². The number of nitrogens with zero attached hydrogens (tertiary/aromatic N) is 3. The van der Waals surface area contributed by atoms with Crippen molar-refractivity contribution in [2.24, 2.45) is 0 Å². The van der Waals surface area contributed by atoms with E-state index in [9.17, 15) is 8.42 Å². The molecular weight excluding hydrogens is 398 g/mol. The summed E-state index contributed by atoms with van der Waals surface area (Å²) in [6, 6.07) is 12.6. The lowest BCUT2D eigenvalue weighted by molar-refractivity contribution is 0.0918. The molecule has 2 aromatic rings. The van der Waals surface area contributed by atoms with E-state index in [0.29, 0.717) is 29.2 Å². The first-order chi connectivity index (χ1) is 14.2. The minimum Gasteiger partial charge on any atom is -0.474 e. The Hall–Kier alpha value is -2.43. The number of hydrogen-bond donors (Lipinski definition) is 0. The van der Waals surface area contributed by atoms with Crippen molar-refractivity contribution in [1.29, 1.82) is 5.26 Å². The van der Waals surface area contributed by atoms with Gasteiger partial charge in [-0.1, -0.05) is 32.9 Å². The third kappa shape index (κ3) is 3.94. The second kappa shape index (κ2) is 7.68. The van der Waals surface area contributed by atoms with Crippen LogP contribution in [0, 0.1) is 11.3 Å². The van der Waals surface area contributed by atoms with Crippen molar-refractivity contribution in [1.82, 2.24) is 9.29 Å². The summed E-state index contributed by atoms with van der Waals surface area (Å²) in [5.41, 5.74) is 1.59. The minimum absolute atomic E-state index is 0.0174. The average Bonchev–Trinajstić information content (AvgIpc) is 3.00. The van der Waals surface area contributed by atoms with Crippen LogP contribution in [0.4, 0.5) is 0 Å². The second-order valence-electron chi connectivity index (χ2n) is 9.20. The Labute approximate surface area is 178 Å². The Morgan fingerprint density at radius 1 is 1.07 bits per heavy atom. The van der Waals surface area contributed by atoms with Gasteiger partial charge in [-0.15, -0.1) is 0 Å². The molecule has 3 heterocycles. The molecule has 2 aliphatic rings. The molecule has 2 aliphatic heterocycles. The summed E-state index contributed by atoms with van der Waals surface area (Å²) in [5.74, 6) is 0.479. The summed E-state index contributed by atoms with van der Waals surface area (Å²) in [7, 11) is -3.54. The largest absolute Gasteiger partial charge is 0.474 e. The van der Waals surface area contributed by atoms with E-state index in [-0.39, 0.29) is 23.6 Å². The summed E-state index contributed by atoms with van der Waals surface area (Å²) in [5, 5.41) is 8.89.